The summed E-state index contributed by atoms with van der Waals surface area (Å²) in [5.74, 6) is 0.852. The number of thiophene rings is 1. The molecule has 1 saturated heterocycles. The van der Waals surface area contributed by atoms with E-state index in [1.54, 1.807) is 11.8 Å². The molecule has 2 aliphatic rings. The van der Waals surface area contributed by atoms with Crippen LogP contribution in [0.2, 0.25) is 0 Å². The largest absolute Gasteiger partial charge is 0.461 e. The topological polar surface area (TPSA) is 46.6 Å². The zero-order chi connectivity index (χ0) is 17.1. The molecule has 0 spiro atoms. The van der Waals surface area contributed by atoms with Crippen LogP contribution in [0.25, 0.3) is 0 Å². The van der Waals surface area contributed by atoms with Gasteiger partial charge in [-0.2, -0.15) is 0 Å². The lowest BCUT2D eigenvalue weighted by atomic mass is 9.88. The van der Waals surface area contributed by atoms with Crippen molar-refractivity contribution in [3.8, 4) is 0 Å². The normalized spacial score (nSPS) is 25.2. The van der Waals surface area contributed by atoms with E-state index in [9.17, 15) is 9.59 Å². The number of thioether (sulfide) groups is 1. The van der Waals surface area contributed by atoms with E-state index in [1.165, 1.54) is 30.6 Å². The van der Waals surface area contributed by atoms with Gasteiger partial charge >= 0.3 is 5.97 Å². The van der Waals surface area contributed by atoms with Gasteiger partial charge in [-0.25, -0.2) is 4.79 Å². The Morgan fingerprint density at radius 1 is 1.25 bits per heavy atom. The monoisotopic (exact) mass is 367 g/mol. The third kappa shape index (κ3) is 3.80. The van der Waals surface area contributed by atoms with Crippen LogP contribution in [0.1, 0.15) is 55.6 Å². The number of hydrogen-bond donors (Lipinski definition) is 0. The van der Waals surface area contributed by atoms with Gasteiger partial charge in [0.1, 0.15) is 6.04 Å². The fourth-order valence-electron chi connectivity index (χ4n) is 3.59. The van der Waals surface area contributed by atoms with Crippen LogP contribution in [0.5, 0.6) is 0 Å². The standard InChI is InChI=1S/C18H25NO3S2/c1-12(2)22-18(21)14-11-24-17(13-7-4-3-5-8-13)19(14)16(20)15-9-6-10-23-15/h6,9-10,12-14,17H,3-5,7-8,11H2,1-2H3. The Balaban J connectivity index is 1.83. The van der Waals surface area contributed by atoms with Crippen LogP contribution in [-0.2, 0) is 9.53 Å². The van der Waals surface area contributed by atoms with Gasteiger partial charge in [0, 0.05) is 5.75 Å². The third-order valence-electron chi connectivity index (χ3n) is 4.68. The van der Waals surface area contributed by atoms with Crippen molar-refractivity contribution < 1.29 is 14.3 Å². The van der Waals surface area contributed by atoms with Gasteiger partial charge in [0.25, 0.3) is 5.91 Å². The predicted octanol–water partition coefficient (Wildman–Crippen LogP) is 4.16. The summed E-state index contributed by atoms with van der Waals surface area (Å²) in [6.07, 6.45) is 5.88. The Hall–Kier alpha value is -1.01. The Kier molecular flexibility index (Phi) is 5.87. The number of rotatable bonds is 4. The highest BCUT2D eigenvalue weighted by Crippen LogP contribution is 2.41. The van der Waals surface area contributed by atoms with E-state index in [0.29, 0.717) is 16.5 Å². The molecule has 0 bridgehead atoms. The molecule has 2 atom stereocenters. The van der Waals surface area contributed by atoms with Crippen molar-refractivity contribution in [3.05, 3.63) is 22.4 Å². The Bertz CT molecular complexity index is 567. The molecule has 1 aliphatic heterocycles. The summed E-state index contributed by atoms with van der Waals surface area (Å²) in [5, 5.41) is 2.01. The average molecular weight is 368 g/mol. The lowest BCUT2D eigenvalue weighted by Crippen LogP contribution is -2.48. The van der Waals surface area contributed by atoms with Crippen LogP contribution in [0, 0.1) is 5.92 Å². The molecular formula is C18H25NO3S2. The van der Waals surface area contributed by atoms with Crippen LogP contribution in [0.3, 0.4) is 0 Å². The average Bonchev–Trinajstić information content (AvgIpc) is 3.24. The maximum atomic E-state index is 13.1. The zero-order valence-corrected chi connectivity index (χ0v) is 15.9. The van der Waals surface area contributed by atoms with Crippen molar-refractivity contribution >= 4 is 35.0 Å². The molecule has 2 unspecified atom stereocenters. The molecule has 0 radical (unpaired) electrons. The van der Waals surface area contributed by atoms with Gasteiger partial charge in [-0.15, -0.1) is 23.1 Å². The van der Waals surface area contributed by atoms with Crippen LogP contribution in [0.15, 0.2) is 17.5 Å². The second kappa shape index (κ2) is 7.91. The molecular weight excluding hydrogens is 342 g/mol. The summed E-state index contributed by atoms with van der Waals surface area (Å²) in [6, 6.07) is 3.27. The molecule has 2 heterocycles. The van der Waals surface area contributed by atoms with Crippen LogP contribution in [-0.4, -0.2) is 40.0 Å². The number of hydrogen-bond acceptors (Lipinski definition) is 5. The summed E-state index contributed by atoms with van der Waals surface area (Å²) in [6.45, 7) is 3.70. The zero-order valence-electron chi connectivity index (χ0n) is 14.3. The van der Waals surface area contributed by atoms with Gasteiger partial charge in [-0.05, 0) is 44.1 Å². The van der Waals surface area contributed by atoms with E-state index in [0.717, 1.165) is 12.8 Å². The van der Waals surface area contributed by atoms with E-state index >= 15 is 0 Å². The van der Waals surface area contributed by atoms with Crippen LogP contribution in [0.4, 0.5) is 0 Å². The molecule has 1 saturated carbocycles. The van der Waals surface area contributed by atoms with Gasteiger partial charge in [-0.3, -0.25) is 4.79 Å². The lowest BCUT2D eigenvalue weighted by Gasteiger charge is -2.35. The van der Waals surface area contributed by atoms with Crippen molar-refractivity contribution in [3.63, 3.8) is 0 Å². The molecule has 1 aromatic rings. The van der Waals surface area contributed by atoms with E-state index in [-0.39, 0.29) is 23.4 Å². The Morgan fingerprint density at radius 3 is 2.62 bits per heavy atom. The highest BCUT2D eigenvalue weighted by Gasteiger charge is 2.46. The van der Waals surface area contributed by atoms with Crippen molar-refractivity contribution in [1.29, 1.82) is 0 Å². The summed E-state index contributed by atoms with van der Waals surface area (Å²) >= 11 is 3.20. The third-order valence-corrected chi connectivity index (χ3v) is 7.00. The molecule has 24 heavy (non-hydrogen) atoms. The van der Waals surface area contributed by atoms with Crippen molar-refractivity contribution in [2.75, 3.05) is 5.75 Å². The first-order valence-electron chi connectivity index (χ1n) is 8.76. The molecule has 2 fully saturated rings. The highest BCUT2D eigenvalue weighted by atomic mass is 32.2. The van der Waals surface area contributed by atoms with E-state index < -0.39 is 6.04 Å². The van der Waals surface area contributed by atoms with Crippen molar-refractivity contribution in [2.45, 2.75) is 63.5 Å². The first kappa shape index (κ1) is 17.8. The molecule has 6 heteroatoms. The van der Waals surface area contributed by atoms with Gasteiger partial charge in [0.05, 0.1) is 16.4 Å². The minimum absolute atomic E-state index is 0.0173. The second-order valence-electron chi connectivity index (χ2n) is 6.81. The summed E-state index contributed by atoms with van der Waals surface area (Å²) in [5.41, 5.74) is 0. The first-order valence-corrected chi connectivity index (χ1v) is 10.7. The van der Waals surface area contributed by atoms with Gasteiger partial charge in [-0.1, -0.05) is 25.3 Å². The fraction of sp³-hybridized carbons (Fsp3) is 0.667. The van der Waals surface area contributed by atoms with Crippen LogP contribution >= 0.6 is 23.1 Å². The van der Waals surface area contributed by atoms with E-state index in [4.69, 9.17) is 4.74 Å². The molecule has 0 aromatic carbocycles. The highest BCUT2D eigenvalue weighted by molar-refractivity contribution is 8.00. The van der Waals surface area contributed by atoms with Gasteiger partial charge < -0.3 is 9.64 Å². The summed E-state index contributed by atoms with van der Waals surface area (Å²) < 4.78 is 5.42. The molecule has 3 rings (SSSR count). The first-order chi connectivity index (χ1) is 11.6. The fourth-order valence-corrected chi connectivity index (χ4v) is 5.88. The predicted molar refractivity (Wildman–Crippen MR) is 98.3 cm³/mol. The maximum absolute atomic E-state index is 13.1. The molecule has 1 aliphatic carbocycles. The van der Waals surface area contributed by atoms with Gasteiger partial charge in [0.15, 0.2) is 0 Å². The number of nitrogens with zero attached hydrogens (tertiary/aromatic N) is 1. The Morgan fingerprint density at radius 2 is 2.00 bits per heavy atom. The smallest absolute Gasteiger partial charge is 0.330 e. The van der Waals surface area contributed by atoms with Crippen LogP contribution < -0.4 is 0 Å². The lowest BCUT2D eigenvalue weighted by molar-refractivity contribution is -0.152. The van der Waals surface area contributed by atoms with E-state index in [2.05, 4.69) is 0 Å². The molecule has 0 N–H and O–H groups in total. The number of carbonyl (C=O) groups excluding carboxylic acids is 2. The molecule has 4 nitrogen and oxygen atoms in total. The summed E-state index contributed by atoms with van der Waals surface area (Å²) in [4.78, 5) is 28.2. The minimum Gasteiger partial charge on any atom is -0.461 e. The number of esters is 1. The van der Waals surface area contributed by atoms with Crippen molar-refractivity contribution in [2.24, 2.45) is 5.92 Å². The van der Waals surface area contributed by atoms with Crippen molar-refractivity contribution in [1.82, 2.24) is 4.90 Å². The van der Waals surface area contributed by atoms with E-state index in [1.807, 2.05) is 36.3 Å². The molecule has 1 amide bonds. The number of carbonyl (C=O) groups is 2. The molecule has 132 valence electrons. The minimum atomic E-state index is -0.459. The Labute approximate surface area is 151 Å². The SMILES string of the molecule is CC(C)OC(=O)C1CSC(C2CCCCC2)N1C(=O)c1cccs1. The van der Waals surface area contributed by atoms with Gasteiger partial charge in [0.2, 0.25) is 0 Å². The second-order valence-corrected chi connectivity index (χ2v) is 8.91. The molecule has 1 aromatic heterocycles. The summed E-state index contributed by atoms with van der Waals surface area (Å²) in [7, 11) is 0. The number of ether oxygens (including phenoxy) is 1. The number of amides is 1. The quantitative estimate of drug-likeness (QED) is 0.750. The maximum Gasteiger partial charge on any atom is 0.330 e.